The lowest BCUT2D eigenvalue weighted by atomic mass is 9.60. The Bertz CT molecular complexity index is 1660. The molecule has 1 saturated heterocycles. The number of carbonyl (C=O) groups is 1. The molecule has 2 aliphatic heterocycles. The number of hydrogen-bond acceptors (Lipinski definition) is 8. The van der Waals surface area contributed by atoms with Crippen LogP contribution >= 0.6 is 0 Å². The summed E-state index contributed by atoms with van der Waals surface area (Å²) in [5.41, 5.74) is 4.01. The lowest BCUT2D eigenvalue weighted by molar-refractivity contribution is -0.114. The first-order chi connectivity index (χ1) is 21.5. The zero-order valence-corrected chi connectivity index (χ0v) is 27.6. The van der Waals surface area contributed by atoms with Crippen molar-refractivity contribution in [2.45, 2.75) is 63.9 Å². The number of anilines is 1. The number of ether oxygens (including phenoxy) is 2. The second-order valence-corrected chi connectivity index (χ2v) is 15.1. The van der Waals surface area contributed by atoms with Gasteiger partial charge in [-0.25, -0.2) is 18.1 Å². The van der Waals surface area contributed by atoms with Crippen LogP contribution in [0.3, 0.4) is 0 Å². The van der Waals surface area contributed by atoms with E-state index < -0.39 is 10.0 Å². The van der Waals surface area contributed by atoms with E-state index in [4.69, 9.17) is 9.47 Å². The zero-order chi connectivity index (χ0) is 31.9. The first kappa shape index (κ1) is 31.4. The molecule has 1 spiro atoms. The summed E-state index contributed by atoms with van der Waals surface area (Å²) >= 11 is 0. The molecule has 0 unspecified atom stereocenters. The van der Waals surface area contributed by atoms with Gasteiger partial charge in [-0.3, -0.25) is 9.69 Å². The smallest absolute Gasteiger partial charge is 0.264 e. The largest absolute Gasteiger partial charge is 0.475 e. The van der Waals surface area contributed by atoms with Gasteiger partial charge in [-0.1, -0.05) is 38.1 Å². The number of aromatic nitrogens is 2. The Morgan fingerprint density at radius 2 is 1.78 bits per heavy atom. The number of carbonyl (C=O) groups excluding carboxylic acids is 1. The Morgan fingerprint density at radius 1 is 1.07 bits per heavy atom. The fraction of sp³-hybridized carbons (Fsp3) is 0.500. The minimum absolute atomic E-state index is 0.0191. The third-order valence-corrected chi connectivity index (χ3v) is 10.6. The first-order valence-corrected chi connectivity index (χ1v) is 17.2. The lowest BCUT2D eigenvalue weighted by Gasteiger charge is -2.62. The zero-order valence-electron chi connectivity index (χ0n) is 26.7. The number of likely N-dealkylation sites (tertiary alicyclic amines) is 1. The number of amides is 1. The van der Waals surface area contributed by atoms with Crippen molar-refractivity contribution < 1.29 is 22.7 Å². The summed E-state index contributed by atoms with van der Waals surface area (Å²) in [6.45, 7) is 12.1. The minimum atomic E-state index is -4.11. The van der Waals surface area contributed by atoms with Crippen LogP contribution in [-0.2, 0) is 14.8 Å². The number of benzene rings is 2. The number of hydrogen-bond donors (Lipinski definition) is 1. The van der Waals surface area contributed by atoms with Crippen molar-refractivity contribution in [1.82, 2.24) is 19.8 Å². The summed E-state index contributed by atoms with van der Waals surface area (Å²) in [5, 5.41) is 0. The van der Waals surface area contributed by atoms with Crippen LogP contribution in [-0.4, -0.2) is 86.1 Å². The summed E-state index contributed by atoms with van der Waals surface area (Å²) in [7, 11) is -2.39. The van der Waals surface area contributed by atoms with Crippen LogP contribution in [0.25, 0.3) is 11.3 Å². The topological polar surface area (TPSA) is 114 Å². The number of nitrogens with one attached hydrogen (secondary N) is 1. The third kappa shape index (κ3) is 6.43. The van der Waals surface area contributed by atoms with Crippen LogP contribution in [0.5, 0.6) is 5.88 Å². The van der Waals surface area contributed by atoms with Gasteiger partial charge >= 0.3 is 0 Å². The van der Waals surface area contributed by atoms with Gasteiger partial charge < -0.3 is 14.4 Å². The molecule has 45 heavy (non-hydrogen) atoms. The molecule has 3 heterocycles. The van der Waals surface area contributed by atoms with Crippen molar-refractivity contribution in [3.8, 4) is 17.1 Å². The Kier molecular flexibility index (Phi) is 8.62. The van der Waals surface area contributed by atoms with Crippen molar-refractivity contribution in [2.24, 2.45) is 11.3 Å². The maximum absolute atomic E-state index is 14.4. The number of methoxy groups -OCH3 is 1. The summed E-state index contributed by atoms with van der Waals surface area (Å²) in [6, 6.07) is 13.8. The van der Waals surface area contributed by atoms with E-state index in [1.54, 1.807) is 25.3 Å². The first-order valence-electron chi connectivity index (χ1n) is 15.7. The van der Waals surface area contributed by atoms with Crippen LogP contribution < -0.4 is 9.46 Å². The molecule has 11 heteroatoms. The molecule has 4 bridgehead atoms. The molecule has 3 aliphatic rings. The molecular formula is C34H43N5O5S. The van der Waals surface area contributed by atoms with Gasteiger partial charge in [-0.2, -0.15) is 4.98 Å². The van der Waals surface area contributed by atoms with Gasteiger partial charge in [0.1, 0.15) is 6.61 Å². The van der Waals surface area contributed by atoms with Gasteiger partial charge in [0.2, 0.25) is 11.8 Å². The molecule has 0 radical (unpaired) electrons. The van der Waals surface area contributed by atoms with Gasteiger partial charge in [0.05, 0.1) is 23.2 Å². The van der Waals surface area contributed by atoms with E-state index in [-0.39, 0.29) is 46.7 Å². The Morgan fingerprint density at radius 3 is 2.47 bits per heavy atom. The average Bonchev–Trinajstić information content (AvgIpc) is 2.94. The number of aryl methyl sites for hydroxylation is 2. The maximum atomic E-state index is 14.4. The molecule has 2 aromatic carbocycles. The standard InChI is InChI=1S/C34H43N5O5S/c1-22(2)14-26-19-44-30-16-29(31-23(3)8-6-9-24(31)4)35-33(36-30)37-45(41,42)28-11-7-10-25(15-28)32(40)39(26)27-17-34(18-27)20-38(21-34)12-13-43-5/h6-11,15-16,22,26-27H,12-14,17-21H2,1-5H3,(H,35,36,37)/t26-/m1/s1. The molecule has 10 nitrogen and oxygen atoms in total. The number of sulfonamides is 1. The van der Waals surface area contributed by atoms with Gasteiger partial charge in [-0.05, 0) is 73.8 Å². The normalized spacial score (nSPS) is 21.2. The van der Waals surface area contributed by atoms with Crippen molar-refractivity contribution >= 4 is 21.9 Å². The molecule has 240 valence electrons. The van der Waals surface area contributed by atoms with E-state index >= 15 is 0 Å². The van der Waals surface area contributed by atoms with Crippen molar-refractivity contribution in [3.05, 3.63) is 65.2 Å². The second kappa shape index (κ2) is 12.3. The molecule has 2 fully saturated rings. The second-order valence-electron chi connectivity index (χ2n) is 13.4. The molecule has 6 rings (SSSR count). The van der Waals surface area contributed by atoms with E-state index in [9.17, 15) is 13.2 Å². The highest BCUT2D eigenvalue weighted by Crippen LogP contribution is 2.51. The molecule has 1 N–H and O–H groups in total. The highest BCUT2D eigenvalue weighted by atomic mass is 32.2. The van der Waals surface area contributed by atoms with E-state index in [0.717, 1.165) is 55.6 Å². The summed E-state index contributed by atoms with van der Waals surface area (Å²) in [4.78, 5) is 27.8. The highest BCUT2D eigenvalue weighted by Gasteiger charge is 2.55. The maximum Gasteiger partial charge on any atom is 0.264 e. The minimum Gasteiger partial charge on any atom is -0.475 e. The highest BCUT2D eigenvalue weighted by molar-refractivity contribution is 7.92. The predicted molar refractivity (Wildman–Crippen MR) is 173 cm³/mol. The van der Waals surface area contributed by atoms with Crippen LogP contribution in [0.15, 0.2) is 53.4 Å². The predicted octanol–water partition coefficient (Wildman–Crippen LogP) is 4.92. The number of rotatable bonds is 7. The van der Waals surface area contributed by atoms with Crippen LogP contribution in [0.2, 0.25) is 0 Å². The van der Waals surface area contributed by atoms with E-state index in [1.807, 2.05) is 36.9 Å². The van der Waals surface area contributed by atoms with E-state index in [1.165, 1.54) is 12.1 Å². The lowest BCUT2D eigenvalue weighted by Crippen LogP contribution is -2.68. The van der Waals surface area contributed by atoms with Crippen LogP contribution in [0.1, 0.15) is 54.6 Å². The molecule has 1 aliphatic carbocycles. The summed E-state index contributed by atoms with van der Waals surface area (Å²) < 4.78 is 41.4. The SMILES string of the molecule is COCCN1CC2(CC(N3C(=O)c4cccc(c4)S(=O)(=O)Nc4nc(cc(-c5c(C)cccc5C)n4)OC[C@H]3CC(C)C)C2)C1. The van der Waals surface area contributed by atoms with Crippen LogP contribution in [0.4, 0.5) is 5.95 Å². The molecule has 1 atom stereocenters. The fourth-order valence-corrected chi connectivity index (χ4v) is 8.30. The molecular weight excluding hydrogens is 590 g/mol. The summed E-state index contributed by atoms with van der Waals surface area (Å²) in [6.07, 6.45) is 2.54. The van der Waals surface area contributed by atoms with Gasteiger partial charge in [0.15, 0.2) is 0 Å². The Labute approximate surface area is 266 Å². The fourth-order valence-electron chi connectivity index (χ4n) is 7.31. The van der Waals surface area contributed by atoms with Crippen molar-refractivity contribution in [3.63, 3.8) is 0 Å². The molecule has 3 aromatic rings. The molecule has 1 amide bonds. The Balaban J connectivity index is 1.39. The number of nitrogens with zero attached hydrogens (tertiary/aromatic N) is 4. The monoisotopic (exact) mass is 633 g/mol. The van der Waals surface area contributed by atoms with E-state index in [0.29, 0.717) is 23.8 Å². The number of fused-ring (bicyclic) bond motifs is 4. The quantitative estimate of drug-likeness (QED) is 0.390. The third-order valence-electron chi connectivity index (χ3n) is 9.31. The van der Waals surface area contributed by atoms with Crippen LogP contribution in [0, 0.1) is 25.2 Å². The molecule has 1 saturated carbocycles. The van der Waals surface area contributed by atoms with Gasteiger partial charge in [0.25, 0.3) is 15.9 Å². The van der Waals surface area contributed by atoms with E-state index in [2.05, 4.69) is 33.4 Å². The van der Waals surface area contributed by atoms with Gasteiger partial charge in [0, 0.05) is 50.0 Å². The van der Waals surface area contributed by atoms with Crippen molar-refractivity contribution in [1.29, 1.82) is 0 Å². The Hall–Kier alpha value is -3.54. The van der Waals surface area contributed by atoms with Crippen molar-refractivity contribution in [2.75, 3.05) is 44.7 Å². The average molecular weight is 634 g/mol. The van der Waals surface area contributed by atoms with Gasteiger partial charge in [-0.15, -0.1) is 0 Å². The summed E-state index contributed by atoms with van der Waals surface area (Å²) in [5.74, 6) is 0.295. The molecule has 1 aromatic heterocycles.